The molecular weight excluding hydrogens is 338 g/mol. The lowest BCUT2D eigenvalue weighted by Gasteiger charge is -2.30. The molecule has 2 heterocycles. The van der Waals surface area contributed by atoms with E-state index in [-0.39, 0.29) is 6.04 Å². The second kappa shape index (κ2) is 11.3. The van der Waals surface area contributed by atoms with Gasteiger partial charge in [-0.1, -0.05) is 6.92 Å². The minimum absolute atomic E-state index is 0.226. The van der Waals surface area contributed by atoms with E-state index in [9.17, 15) is 0 Å². The molecule has 1 saturated heterocycles. The molecule has 7 heteroatoms. The molecule has 1 fully saturated rings. The molecule has 1 aliphatic heterocycles. The summed E-state index contributed by atoms with van der Waals surface area (Å²) < 4.78 is 1.85. The Kier molecular flexibility index (Phi) is 9.07. The number of nitrogens with one attached hydrogen (secondary N) is 2. The summed E-state index contributed by atoms with van der Waals surface area (Å²) in [7, 11) is 6.13. The zero-order valence-corrected chi connectivity index (χ0v) is 17.9. The van der Waals surface area contributed by atoms with Gasteiger partial charge in [0.05, 0.1) is 18.8 Å². The van der Waals surface area contributed by atoms with Crippen LogP contribution in [0.2, 0.25) is 0 Å². The molecule has 0 bridgehead atoms. The number of hydrogen-bond donors (Lipinski definition) is 2. The summed E-state index contributed by atoms with van der Waals surface area (Å²) >= 11 is 0. The Morgan fingerprint density at radius 3 is 2.67 bits per heavy atom. The average molecular weight is 378 g/mol. The van der Waals surface area contributed by atoms with E-state index in [2.05, 4.69) is 59.7 Å². The molecule has 1 aromatic rings. The third-order valence-corrected chi connectivity index (χ3v) is 5.32. The second-order valence-corrected chi connectivity index (χ2v) is 7.95. The van der Waals surface area contributed by atoms with Gasteiger partial charge in [0.2, 0.25) is 0 Å². The van der Waals surface area contributed by atoms with Crippen molar-refractivity contribution in [2.24, 2.45) is 18.0 Å². The van der Waals surface area contributed by atoms with Crippen molar-refractivity contribution in [2.75, 3.05) is 53.4 Å². The molecule has 7 nitrogen and oxygen atoms in total. The van der Waals surface area contributed by atoms with Crippen molar-refractivity contribution >= 4 is 5.96 Å². The van der Waals surface area contributed by atoms with Crippen LogP contribution in [-0.4, -0.2) is 78.9 Å². The molecule has 27 heavy (non-hydrogen) atoms. The van der Waals surface area contributed by atoms with Gasteiger partial charge in [-0.05, 0) is 65.8 Å². The fourth-order valence-electron chi connectivity index (χ4n) is 3.49. The largest absolute Gasteiger partial charge is 0.357 e. The van der Waals surface area contributed by atoms with Crippen molar-refractivity contribution in [2.45, 2.75) is 39.2 Å². The minimum atomic E-state index is 0.226. The summed E-state index contributed by atoms with van der Waals surface area (Å²) in [6.45, 7) is 10.7. The standard InChI is InChI=1S/C20H39N7/c1-6-21-20(22-10-7-11-27-12-8-17(2)9-13-27)23-15-19(25(3)4)18-14-24-26(5)16-18/h14,16-17,19H,6-13,15H2,1-5H3,(H2,21,22,23). The number of guanidine groups is 1. The fraction of sp³-hybridized carbons (Fsp3) is 0.800. The van der Waals surface area contributed by atoms with Crippen molar-refractivity contribution in [1.29, 1.82) is 0 Å². The van der Waals surface area contributed by atoms with E-state index < -0.39 is 0 Å². The Bertz CT molecular complexity index is 558. The highest BCUT2D eigenvalue weighted by atomic mass is 15.3. The number of likely N-dealkylation sites (tertiary alicyclic amines) is 1. The van der Waals surface area contributed by atoms with Gasteiger partial charge in [0, 0.05) is 31.9 Å². The maximum absolute atomic E-state index is 4.82. The highest BCUT2D eigenvalue weighted by Gasteiger charge is 2.16. The van der Waals surface area contributed by atoms with Gasteiger partial charge in [0.1, 0.15) is 0 Å². The van der Waals surface area contributed by atoms with Gasteiger partial charge in [0.25, 0.3) is 0 Å². The van der Waals surface area contributed by atoms with E-state index in [0.717, 1.165) is 31.4 Å². The van der Waals surface area contributed by atoms with Crippen LogP contribution in [0.3, 0.4) is 0 Å². The number of hydrogen-bond acceptors (Lipinski definition) is 4. The van der Waals surface area contributed by atoms with E-state index in [4.69, 9.17) is 4.99 Å². The quantitative estimate of drug-likeness (QED) is 0.390. The SMILES string of the molecule is CCNC(=NCC(c1cnn(C)c1)N(C)C)NCCCN1CCC(C)CC1. The molecule has 2 rings (SSSR count). The number of aromatic nitrogens is 2. The molecule has 0 saturated carbocycles. The third-order valence-electron chi connectivity index (χ3n) is 5.32. The highest BCUT2D eigenvalue weighted by Crippen LogP contribution is 2.17. The van der Waals surface area contributed by atoms with Crippen molar-refractivity contribution in [3.05, 3.63) is 18.0 Å². The number of piperidine rings is 1. The minimum Gasteiger partial charge on any atom is -0.357 e. The van der Waals surface area contributed by atoms with Gasteiger partial charge < -0.3 is 20.4 Å². The maximum Gasteiger partial charge on any atom is 0.191 e. The van der Waals surface area contributed by atoms with Crippen LogP contribution in [0.1, 0.15) is 44.7 Å². The summed E-state index contributed by atoms with van der Waals surface area (Å²) in [5.41, 5.74) is 1.20. The molecule has 0 aromatic carbocycles. The molecule has 0 spiro atoms. The maximum atomic E-state index is 4.82. The first-order valence-corrected chi connectivity index (χ1v) is 10.4. The topological polar surface area (TPSA) is 60.7 Å². The van der Waals surface area contributed by atoms with E-state index in [1.807, 2.05) is 17.9 Å². The van der Waals surface area contributed by atoms with Crippen LogP contribution in [0.5, 0.6) is 0 Å². The highest BCUT2D eigenvalue weighted by molar-refractivity contribution is 5.79. The van der Waals surface area contributed by atoms with Crippen molar-refractivity contribution < 1.29 is 0 Å². The molecule has 1 unspecified atom stereocenters. The summed E-state index contributed by atoms with van der Waals surface area (Å²) in [5, 5.41) is 11.2. The third kappa shape index (κ3) is 7.50. The first-order chi connectivity index (χ1) is 13.0. The van der Waals surface area contributed by atoms with Gasteiger partial charge in [0.15, 0.2) is 5.96 Å². The van der Waals surface area contributed by atoms with Crippen LogP contribution in [0.4, 0.5) is 0 Å². The Balaban J connectivity index is 1.80. The van der Waals surface area contributed by atoms with E-state index in [1.165, 1.54) is 38.0 Å². The molecular formula is C20H39N7. The van der Waals surface area contributed by atoms with Crippen LogP contribution < -0.4 is 10.6 Å². The van der Waals surface area contributed by atoms with Gasteiger partial charge in [-0.2, -0.15) is 5.10 Å². The van der Waals surface area contributed by atoms with Gasteiger partial charge in [-0.25, -0.2) is 0 Å². The predicted molar refractivity (Wildman–Crippen MR) is 113 cm³/mol. The lowest BCUT2D eigenvalue weighted by molar-refractivity contribution is 0.191. The lowest BCUT2D eigenvalue weighted by Crippen LogP contribution is -2.40. The molecule has 0 amide bonds. The van der Waals surface area contributed by atoms with E-state index in [0.29, 0.717) is 6.54 Å². The van der Waals surface area contributed by atoms with Crippen LogP contribution in [0, 0.1) is 5.92 Å². The monoisotopic (exact) mass is 377 g/mol. The van der Waals surface area contributed by atoms with Crippen LogP contribution in [0.15, 0.2) is 17.4 Å². The molecule has 0 aliphatic carbocycles. The van der Waals surface area contributed by atoms with Gasteiger partial charge in [-0.3, -0.25) is 9.67 Å². The smallest absolute Gasteiger partial charge is 0.191 e. The summed E-state index contributed by atoms with van der Waals surface area (Å²) in [6, 6.07) is 0.226. The zero-order chi connectivity index (χ0) is 19.6. The number of likely N-dealkylation sites (N-methyl/N-ethyl adjacent to an activating group) is 1. The van der Waals surface area contributed by atoms with Crippen molar-refractivity contribution in [3.8, 4) is 0 Å². The van der Waals surface area contributed by atoms with Gasteiger partial charge >= 0.3 is 0 Å². The Labute approximate surface area is 165 Å². The molecule has 0 radical (unpaired) electrons. The molecule has 1 aromatic heterocycles. The number of aryl methyl sites for hydroxylation is 1. The molecule has 2 N–H and O–H groups in total. The first kappa shape index (κ1) is 21.7. The summed E-state index contributed by atoms with van der Waals surface area (Å²) in [5.74, 6) is 1.80. The number of nitrogens with zero attached hydrogens (tertiary/aromatic N) is 5. The van der Waals surface area contributed by atoms with Crippen LogP contribution in [-0.2, 0) is 7.05 Å². The number of aliphatic imine (C=N–C) groups is 1. The summed E-state index contributed by atoms with van der Waals surface area (Å²) in [4.78, 5) is 9.61. The fourth-order valence-corrected chi connectivity index (χ4v) is 3.49. The van der Waals surface area contributed by atoms with Crippen molar-refractivity contribution in [1.82, 2.24) is 30.2 Å². The molecule has 154 valence electrons. The zero-order valence-electron chi connectivity index (χ0n) is 17.9. The molecule has 1 aliphatic rings. The normalized spacial score (nSPS) is 18.1. The second-order valence-electron chi connectivity index (χ2n) is 7.95. The summed E-state index contributed by atoms with van der Waals surface area (Å²) in [6.07, 6.45) is 7.84. The first-order valence-electron chi connectivity index (χ1n) is 10.4. The number of rotatable bonds is 9. The lowest BCUT2D eigenvalue weighted by atomic mass is 9.99. The Morgan fingerprint density at radius 2 is 2.07 bits per heavy atom. The Morgan fingerprint density at radius 1 is 1.33 bits per heavy atom. The van der Waals surface area contributed by atoms with E-state index >= 15 is 0 Å². The van der Waals surface area contributed by atoms with Crippen LogP contribution in [0.25, 0.3) is 0 Å². The Hall–Kier alpha value is -1.60. The average Bonchev–Trinajstić information content (AvgIpc) is 3.06. The predicted octanol–water partition coefficient (Wildman–Crippen LogP) is 1.70. The van der Waals surface area contributed by atoms with E-state index in [1.54, 1.807) is 0 Å². The van der Waals surface area contributed by atoms with Crippen LogP contribution >= 0.6 is 0 Å². The van der Waals surface area contributed by atoms with Gasteiger partial charge in [-0.15, -0.1) is 0 Å². The van der Waals surface area contributed by atoms with Crippen molar-refractivity contribution in [3.63, 3.8) is 0 Å². The molecule has 1 atom stereocenters.